The molecule has 0 unspecified atom stereocenters. The Hall–Kier alpha value is -2.99. The zero-order chi connectivity index (χ0) is 17.9. The summed E-state index contributed by atoms with van der Waals surface area (Å²) in [7, 11) is 1.67. The number of aryl methyl sites for hydroxylation is 1. The molecule has 1 N–H and O–H groups in total. The number of rotatable bonds is 5. The third-order valence-electron chi connectivity index (χ3n) is 4.13. The average Bonchev–Trinajstić information content (AvgIpc) is 3.11. The van der Waals surface area contributed by atoms with E-state index < -0.39 is 0 Å². The normalized spacial score (nSPS) is 10.8. The summed E-state index contributed by atoms with van der Waals surface area (Å²) in [4.78, 5) is 14.4. The largest absolute Gasteiger partial charge is 0.497 e. The molecule has 3 heterocycles. The van der Waals surface area contributed by atoms with Gasteiger partial charge in [0, 0.05) is 29.9 Å². The first-order valence-electron chi connectivity index (χ1n) is 8.27. The molecule has 5 nitrogen and oxygen atoms in total. The Morgan fingerprint density at radius 2 is 1.96 bits per heavy atom. The van der Waals surface area contributed by atoms with E-state index in [1.807, 2.05) is 37.4 Å². The SMILES string of the molecule is COc1ccc(-c2csc3nc(C)nc(NCc4cccnc4)c23)cc1. The highest BCUT2D eigenvalue weighted by molar-refractivity contribution is 7.17. The van der Waals surface area contributed by atoms with Crippen LogP contribution in [0.2, 0.25) is 0 Å². The van der Waals surface area contributed by atoms with Crippen LogP contribution in [-0.2, 0) is 6.54 Å². The van der Waals surface area contributed by atoms with Crippen molar-refractivity contribution in [3.05, 3.63) is 65.6 Å². The van der Waals surface area contributed by atoms with E-state index in [0.29, 0.717) is 6.54 Å². The number of hydrogen-bond donors (Lipinski definition) is 1. The number of thiophene rings is 1. The number of fused-ring (bicyclic) bond motifs is 1. The van der Waals surface area contributed by atoms with E-state index in [0.717, 1.165) is 44.3 Å². The van der Waals surface area contributed by atoms with Crippen molar-refractivity contribution in [2.45, 2.75) is 13.5 Å². The van der Waals surface area contributed by atoms with Crippen molar-refractivity contribution in [3.8, 4) is 16.9 Å². The molecule has 1 aromatic carbocycles. The highest BCUT2D eigenvalue weighted by Crippen LogP contribution is 2.37. The zero-order valence-corrected chi connectivity index (χ0v) is 15.4. The fourth-order valence-electron chi connectivity index (χ4n) is 2.85. The summed E-state index contributed by atoms with van der Waals surface area (Å²) in [5, 5.41) is 6.64. The first kappa shape index (κ1) is 16.5. The number of aromatic nitrogens is 3. The van der Waals surface area contributed by atoms with E-state index in [2.05, 4.69) is 37.8 Å². The lowest BCUT2D eigenvalue weighted by molar-refractivity contribution is 0.415. The van der Waals surface area contributed by atoms with Crippen LogP contribution in [0.1, 0.15) is 11.4 Å². The number of anilines is 1. The second-order valence-corrected chi connectivity index (χ2v) is 6.75. The minimum absolute atomic E-state index is 0.664. The highest BCUT2D eigenvalue weighted by Gasteiger charge is 2.14. The Balaban J connectivity index is 1.75. The van der Waals surface area contributed by atoms with E-state index in [-0.39, 0.29) is 0 Å². The molecular formula is C20H18N4OS. The quantitative estimate of drug-likeness (QED) is 0.558. The van der Waals surface area contributed by atoms with Gasteiger partial charge < -0.3 is 10.1 Å². The molecule has 0 saturated carbocycles. The molecule has 0 aliphatic rings. The van der Waals surface area contributed by atoms with Gasteiger partial charge in [0.2, 0.25) is 0 Å². The van der Waals surface area contributed by atoms with E-state index in [1.54, 1.807) is 24.6 Å². The molecule has 0 saturated heterocycles. The molecule has 4 aromatic rings. The average molecular weight is 362 g/mol. The standard InChI is InChI=1S/C20H18N4OS/c1-13-23-19(22-11-14-4-3-9-21-10-14)18-17(12-26-20(18)24-13)15-5-7-16(25-2)8-6-15/h3-10,12H,11H2,1-2H3,(H,22,23,24). The third-order valence-corrected chi connectivity index (χ3v) is 5.00. The molecule has 0 fully saturated rings. The number of nitrogens with one attached hydrogen (secondary N) is 1. The van der Waals surface area contributed by atoms with Gasteiger partial charge in [0.05, 0.1) is 12.5 Å². The lowest BCUT2D eigenvalue weighted by Crippen LogP contribution is -2.04. The predicted molar refractivity (Wildman–Crippen MR) is 106 cm³/mol. The topological polar surface area (TPSA) is 59.9 Å². The van der Waals surface area contributed by atoms with Crippen molar-refractivity contribution >= 4 is 27.4 Å². The molecule has 0 radical (unpaired) electrons. The van der Waals surface area contributed by atoms with Crippen LogP contribution in [0, 0.1) is 6.92 Å². The van der Waals surface area contributed by atoms with Crippen LogP contribution in [-0.4, -0.2) is 22.1 Å². The van der Waals surface area contributed by atoms with Gasteiger partial charge in [0.25, 0.3) is 0 Å². The number of benzene rings is 1. The lowest BCUT2D eigenvalue weighted by Gasteiger charge is -2.10. The number of hydrogen-bond acceptors (Lipinski definition) is 6. The molecule has 0 aliphatic heterocycles. The van der Waals surface area contributed by atoms with Crippen LogP contribution in [0.3, 0.4) is 0 Å². The monoisotopic (exact) mass is 362 g/mol. The summed E-state index contributed by atoms with van der Waals surface area (Å²) in [6.45, 7) is 2.58. The van der Waals surface area contributed by atoms with Crippen molar-refractivity contribution < 1.29 is 4.74 Å². The maximum absolute atomic E-state index is 5.26. The van der Waals surface area contributed by atoms with E-state index in [1.165, 1.54) is 0 Å². The predicted octanol–water partition coefficient (Wildman–Crippen LogP) is 4.68. The summed E-state index contributed by atoms with van der Waals surface area (Å²) in [6.07, 6.45) is 3.63. The van der Waals surface area contributed by atoms with Gasteiger partial charge in [0.15, 0.2) is 0 Å². The van der Waals surface area contributed by atoms with Gasteiger partial charge >= 0.3 is 0 Å². The second kappa shape index (κ2) is 7.09. The molecular weight excluding hydrogens is 344 g/mol. The fourth-order valence-corrected chi connectivity index (χ4v) is 3.84. The molecule has 26 heavy (non-hydrogen) atoms. The Morgan fingerprint density at radius 3 is 2.69 bits per heavy atom. The van der Waals surface area contributed by atoms with Gasteiger partial charge in [-0.3, -0.25) is 4.98 Å². The molecule has 0 amide bonds. The summed E-state index contributed by atoms with van der Waals surface area (Å²) in [5.74, 6) is 2.45. The Bertz CT molecular complexity index is 1030. The van der Waals surface area contributed by atoms with Crippen LogP contribution >= 0.6 is 11.3 Å². The molecule has 0 spiro atoms. The van der Waals surface area contributed by atoms with Crippen molar-refractivity contribution in [3.63, 3.8) is 0 Å². The zero-order valence-electron chi connectivity index (χ0n) is 14.6. The maximum atomic E-state index is 5.26. The molecule has 0 aliphatic carbocycles. The summed E-state index contributed by atoms with van der Waals surface area (Å²) in [5.41, 5.74) is 3.36. The van der Waals surface area contributed by atoms with Crippen LogP contribution in [0.4, 0.5) is 5.82 Å². The summed E-state index contributed by atoms with van der Waals surface area (Å²) < 4.78 is 5.26. The smallest absolute Gasteiger partial charge is 0.139 e. The molecule has 0 bridgehead atoms. The number of nitrogens with zero attached hydrogens (tertiary/aromatic N) is 3. The fraction of sp³-hybridized carbons (Fsp3) is 0.150. The Kier molecular flexibility index (Phi) is 4.50. The van der Waals surface area contributed by atoms with Gasteiger partial charge in [-0.1, -0.05) is 18.2 Å². The van der Waals surface area contributed by atoms with Gasteiger partial charge in [-0.2, -0.15) is 0 Å². The van der Waals surface area contributed by atoms with E-state index >= 15 is 0 Å². The van der Waals surface area contributed by atoms with E-state index in [4.69, 9.17) is 4.74 Å². The van der Waals surface area contributed by atoms with Crippen LogP contribution in [0.5, 0.6) is 5.75 Å². The van der Waals surface area contributed by atoms with Crippen molar-refractivity contribution in [2.75, 3.05) is 12.4 Å². The number of methoxy groups -OCH3 is 1. The molecule has 4 rings (SSSR count). The van der Waals surface area contributed by atoms with Gasteiger partial charge in [0.1, 0.15) is 22.2 Å². The Labute approximate surface area is 155 Å². The maximum Gasteiger partial charge on any atom is 0.139 e. The second-order valence-electron chi connectivity index (χ2n) is 5.89. The van der Waals surface area contributed by atoms with Crippen LogP contribution in [0.25, 0.3) is 21.3 Å². The van der Waals surface area contributed by atoms with Gasteiger partial charge in [-0.15, -0.1) is 11.3 Å². The minimum Gasteiger partial charge on any atom is -0.497 e. The molecule has 130 valence electrons. The summed E-state index contributed by atoms with van der Waals surface area (Å²) in [6, 6.07) is 12.0. The van der Waals surface area contributed by atoms with Crippen LogP contribution < -0.4 is 10.1 Å². The van der Waals surface area contributed by atoms with Crippen LogP contribution in [0.15, 0.2) is 54.2 Å². The van der Waals surface area contributed by atoms with Crippen molar-refractivity contribution in [1.82, 2.24) is 15.0 Å². The first-order valence-corrected chi connectivity index (χ1v) is 9.15. The summed E-state index contributed by atoms with van der Waals surface area (Å²) >= 11 is 1.63. The van der Waals surface area contributed by atoms with Crippen molar-refractivity contribution in [1.29, 1.82) is 0 Å². The molecule has 3 aromatic heterocycles. The molecule has 0 atom stereocenters. The highest BCUT2D eigenvalue weighted by atomic mass is 32.1. The van der Waals surface area contributed by atoms with Crippen molar-refractivity contribution in [2.24, 2.45) is 0 Å². The minimum atomic E-state index is 0.664. The first-order chi connectivity index (χ1) is 12.7. The third kappa shape index (κ3) is 3.23. The van der Waals surface area contributed by atoms with Gasteiger partial charge in [-0.05, 0) is 36.2 Å². The lowest BCUT2D eigenvalue weighted by atomic mass is 10.1. The number of pyridine rings is 1. The van der Waals surface area contributed by atoms with Gasteiger partial charge in [-0.25, -0.2) is 9.97 Å². The number of ether oxygens (including phenoxy) is 1. The Morgan fingerprint density at radius 1 is 1.12 bits per heavy atom. The molecule has 6 heteroatoms. The van der Waals surface area contributed by atoms with E-state index in [9.17, 15) is 0 Å².